The van der Waals surface area contributed by atoms with Crippen LogP contribution < -0.4 is 10.4 Å². The summed E-state index contributed by atoms with van der Waals surface area (Å²) < 4.78 is 11.3. The first-order valence-electron chi connectivity index (χ1n) is 7.97. The lowest BCUT2D eigenvalue weighted by Gasteiger charge is -2.03. The molecule has 27 heavy (non-hydrogen) atoms. The van der Waals surface area contributed by atoms with Gasteiger partial charge in [0.15, 0.2) is 0 Å². The third kappa shape index (κ3) is 3.34. The molecule has 0 bridgehead atoms. The summed E-state index contributed by atoms with van der Waals surface area (Å²) in [4.78, 5) is 12.1. The van der Waals surface area contributed by atoms with Gasteiger partial charge >= 0.3 is 5.69 Å². The van der Waals surface area contributed by atoms with Crippen LogP contribution in [0.25, 0.3) is 11.4 Å². The van der Waals surface area contributed by atoms with Crippen molar-refractivity contribution in [2.24, 2.45) is 14.1 Å². The van der Waals surface area contributed by atoms with Crippen molar-refractivity contribution in [1.29, 1.82) is 0 Å². The summed E-state index contributed by atoms with van der Waals surface area (Å²) in [5.74, 6) is 0.424. The number of halogens is 1. The highest BCUT2D eigenvalue weighted by molar-refractivity contribution is 6.30. The summed E-state index contributed by atoms with van der Waals surface area (Å²) >= 11 is 5.90. The van der Waals surface area contributed by atoms with Gasteiger partial charge in [0.1, 0.15) is 18.0 Å². The van der Waals surface area contributed by atoms with Crippen molar-refractivity contribution in [2.75, 3.05) is 0 Å². The first-order chi connectivity index (χ1) is 13.0. The summed E-state index contributed by atoms with van der Waals surface area (Å²) in [7, 11) is 3.28. The summed E-state index contributed by atoms with van der Waals surface area (Å²) in [6, 6.07) is 9.04. The van der Waals surface area contributed by atoms with Gasteiger partial charge in [-0.1, -0.05) is 11.6 Å². The molecule has 0 N–H and O–H groups in total. The largest absolute Gasteiger partial charge is 0.470 e. The third-order valence-corrected chi connectivity index (χ3v) is 4.10. The first kappa shape index (κ1) is 17.0. The number of benzene rings is 1. The maximum Gasteiger partial charge on any atom is 0.368 e. The van der Waals surface area contributed by atoms with E-state index in [1.807, 2.05) is 12.1 Å². The molecule has 4 rings (SSSR count). The Morgan fingerprint density at radius 2 is 1.85 bits per heavy atom. The number of nitrogens with zero attached hydrogens (tertiary/aromatic N) is 8. The number of aromatic nitrogens is 8. The maximum atomic E-state index is 12.1. The van der Waals surface area contributed by atoms with Crippen molar-refractivity contribution in [3.05, 3.63) is 63.9 Å². The molecule has 0 fully saturated rings. The van der Waals surface area contributed by atoms with Crippen molar-refractivity contribution < 1.29 is 4.74 Å². The van der Waals surface area contributed by atoms with E-state index in [9.17, 15) is 4.79 Å². The molecule has 0 radical (unpaired) electrons. The number of ether oxygens (including phenoxy) is 1. The molecule has 3 aromatic heterocycles. The molecule has 11 heteroatoms. The van der Waals surface area contributed by atoms with Gasteiger partial charge in [-0.2, -0.15) is 14.5 Å². The van der Waals surface area contributed by atoms with Gasteiger partial charge in [0.25, 0.3) is 0 Å². The Labute approximate surface area is 158 Å². The zero-order valence-corrected chi connectivity index (χ0v) is 15.3. The van der Waals surface area contributed by atoms with E-state index in [4.69, 9.17) is 16.3 Å². The van der Waals surface area contributed by atoms with E-state index in [0.29, 0.717) is 22.3 Å². The molecule has 0 aliphatic carbocycles. The van der Waals surface area contributed by atoms with Crippen LogP contribution in [0.3, 0.4) is 0 Å². The van der Waals surface area contributed by atoms with Crippen LogP contribution in [-0.4, -0.2) is 39.4 Å². The Morgan fingerprint density at radius 1 is 1.07 bits per heavy atom. The third-order valence-electron chi connectivity index (χ3n) is 3.85. The summed E-state index contributed by atoms with van der Waals surface area (Å²) in [6.45, 7) is 0.122. The van der Waals surface area contributed by atoms with Crippen molar-refractivity contribution in [3.63, 3.8) is 0 Å². The van der Waals surface area contributed by atoms with E-state index in [0.717, 1.165) is 10.4 Å². The molecule has 3 heterocycles. The Hall–Kier alpha value is -3.40. The van der Waals surface area contributed by atoms with E-state index in [-0.39, 0.29) is 12.3 Å². The molecule has 0 spiro atoms. The second kappa shape index (κ2) is 6.72. The maximum absolute atomic E-state index is 12.1. The van der Waals surface area contributed by atoms with E-state index >= 15 is 0 Å². The molecule has 4 aromatic rings. The SMILES string of the molecule is Cn1cc(-n2nnn(C)c2=O)c(COc2ccn(-c3ccc(Cl)cc3)n2)n1. The molecule has 0 aliphatic rings. The molecule has 1 aromatic carbocycles. The summed E-state index contributed by atoms with van der Waals surface area (Å²) in [5, 5.41) is 16.9. The first-order valence-corrected chi connectivity index (χ1v) is 8.35. The minimum absolute atomic E-state index is 0.122. The van der Waals surface area contributed by atoms with Gasteiger partial charge in [0.2, 0.25) is 5.88 Å². The Bertz CT molecular complexity index is 1140. The average Bonchev–Trinajstić information content (AvgIpc) is 3.34. The fraction of sp³-hybridized carbons (Fsp3) is 0.188. The molecule has 10 nitrogen and oxygen atoms in total. The molecule has 0 unspecified atom stereocenters. The van der Waals surface area contributed by atoms with Crippen LogP contribution in [0.15, 0.2) is 47.5 Å². The van der Waals surface area contributed by atoms with Crippen LogP contribution >= 0.6 is 11.6 Å². The Kier molecular flexibility index (Phi) is 4.24. The second-order valence-corrected chi connectivity index (χ2v) is 6.23. The second-order valence-electron chi connectivity index (χ2n) is 5.80. The van der Waals surface area contributed by atoms with Crippen molar-refractivity contribution in [3.8, 4) is 17.3 Å². The van der Waals surface area contributed by atoms with Gasteiger partial charge in [0.05, 0.1) is 11.9 Å². The number of aryl methyl sites for hydroxylation is 2. The molecule has 0 atom stereocenters. The normalized spacial score (nSPS) is 11.1. The molecule has 0 aliphatic heterocycles. The van der Waals surface area contributed by atoms with Crippen LogP contribution in [0.4, 0.5) is 0 Å². The minimum Gasteiger partial charge on any atom is -0.470 e. The number of hydrogen-bond acceptors (Lipinski definition) is 6. The average molecular weight is 387 g/mol. The zero-order chi connectivity index (χ0) is 19.0. The lowest BCUT2D eigenvalue weighted by Crippen LogP contribution is -2.22. The topological polar surface area (TPSA) is 97.6 Å². The zero-order valence-electron chi connectivity index (χ0n) is 14.5. The van der Waals surface area contributed by atoms with Crippen molar-refractivity contribution in [2.45, 2.75) is 6.61 Å². The van der Waals surface area contributed by atoms with Gasteiger partial charge in [-0.25, -0.2) is 9.48 Å². The monoisotopic (exact) mass is 386 g/mol. The van der Waals surface area contributed by atoms with Gasteiger partial charge < -0.3 is 4.74 Å². The standard InChI is InChI=1S/C16H15ClN8O2/c1-22-9-14(25-16(26)23(2)20-21-25)13(18-22)10-27-15-7-8-24(19-15)12-5-3-11(17)4-6-12/h3-9H,10H2,1-2H3. The number of hydrogen-bond donors (Lipinski definition) is 0. The summed E-state index contributed by atoms with van der Waals surface area (Å²) in [6.07, 6.45) is 3.46. The van der Waals surface area contributed by atoms with Crippen LogP contribution in [0, 0.1) is 0 Å². The fourth-order valence-corrected chi connectivity index (χ4v) is 2.66. The van der Waals surface area contributed by atoms with E-state index in [1.165, 1.54) is 11.7 Å². The van der Waals surface area contributed by atoms with Crippen molar-refractivity contribution in [1.82, 2.24) is 39.4 Å². The predicted octanol–water partition coefficient (Wildman–Crippen LogP) is 1.12. The molecule has 138 valence electrons. The number of tetrazole rings is 1. The van der Waals surface area contributed by atoms with Crippen LogP contribution in [0.5, 0.6) is 5.88 Å². The van der Waals surface area contributed by atoms with Gasteiger partial charge in [-0.3, -0.25) is 4.68 Å². The summed E-state index contributed by atoms with van der Waals surface area (Å²) in [5.41, 5.74) is 1.55. The highest BCUT2D eigenvalue weighted by Gasteiger charge is 2.16. The van der Waals surface area contributed by atoms with Crippen LogP contribution in [0.1, 0.15) is 5.69 Å². The van der Waals surface area contributed by atoms with E-state index < -0.39 is 0 Å². The highest BCUT2D eigenvalue weighted by atomic mass is 35.5. The van der Waals surface area contributed by atoms with Gasteiger partial charge in [-0.15, -0.1) is 5.10 Å². The molecular formula is C16H15ClN8O2. The lowest BCUT2D eigenvalue weighted by atomic mass is 10.3. The molecule has 0 amide bonds. The predicted molar refractivity (Wildman–Crippen MR) is 96.3 cm³/mol. The highest BCUT2D eigenvalue weighted by Crippen LogP contribution is 2.17. The van der Waals surface area contributed by atoms with E-state index in [2.05, 4.69) is 20.6 Å². The molecule has 0 saturated heterocycles. The Morgan fingerprint density at radius 3 is 2.56 bits per heavy atom. The fourth-order valence-electron chi connectivity index (χ4n) is 2.53. The lowest BCUT2D eigenvalue weighted by molar-refractivity contribution is 0.285. The molecular weight excluding hydrogens is 372 g/mol. The smallest absolute Gasteiger partial charge is 0.368 e. The Balaban J connectivity index is 1.54. The molecule has 0 saturated carbocycles. The van der Waals surface area contributed by atoms with E-state index in [1.54, 1.807) is 47.0 Å². The quantitative estimate of drug-likeness (QED) is 0.509. The van der Waals surface area contributed by atoms with Crippen molar-refractivity contribution >= 4 is 11.6 Å². The van der Waals surface area contributed by atoms with Crippen LogP contribution in [0.2, 0.25) is 5.02 Å². The van der Waals surface area contributed by atoms with Gasteiger partial charge in [-0.05, 0) is 34.7 Å². The minimum atomic E-state index is -0.365. The van der Waals surface area contributed by atoms with Gasteiger partial charge in [0, 0.05) is 31.4 Å². The number of rotatable bonds is 5. The van der Waals surface area contributed by atoms with Crippen LogP contribution in [-0.2, 0) is 20.7 Å².